The number of thioether (sulfide) groups is 1. The van der Waals surface area contributed by atoms with Crippen LogP contribution in [0.3, 0.4) is 0 Å². The lowest BCUT2D eigenvalue weighted by molar-refractivity contribution is 0.188. The van der Waals surface area contributed by atoms with Gasteiger partial charge in [0.15, 0.2) is 0 Å². The third kappa shape index (κ3) is 1.89. The van der Waals surface area contributed by atoms with E-state index < -0.39 is 0 Å². The van der Waals surface area contributed by atoms with Crippen LogP contribution in [0, 0.1) is 0 Å². The van der Waals surface area contributed by atoms with Crippen LogP contribution in [-0.2, 0) is 0 Å². The topological polar surface area (TPSA) is 15.3 Å². The second kappa shape index (κ2) is 3.78. The lowest BCUT2D eigenvalue weighted by atomic mass is 10.2. The Morgan fingerprint density at radius 3 is 2.73 bits per heavy atom. The minimum absolute atomic E-state index is 0.905. The molecule has 0 aromatic carbocycles. The second-order valence-corrected chi connectivity index (χ2v) is 4.45. The number of rotatable bonds is 1. The molecule has 0 unspecified atom stereocenters. The van der Waals surface area contributed by atoms with Crippen LogP contribution in [0.2, 0.25) is 0 Å². The molecule has 0 saturated carbocycles. The number of piperazine rings is 1. The highest BCUT2D eigenvalue weighted by Crippen LogP contribution is 2.22. The average molecular weight is 172 g/mol. The molecular formula is C8H16N2S. The molecule has 2 heterocycles. The monoisotopic (exact) mass is 172 g/mol. The van der Waals surface area contributed by atoms with Gasteiger partial charge in [0.2, 0.25) is 0 Å². The molecule has 64 valence electrons. The Hall–Kier alpha value is 0.270. The first-order valence-corrected chi connectivity index (χ1v) is 5.65. The van der Waals surface area contributed by atoms with E-state index in [1.165, 1.54) is 44.1 Å². The van der Waals surface area contributed by atoms with Gasteiger partial charge in [-0.15, -0.1) is 0 Å². The van der Waals surface area contributed by atoms with Crippen LogP contribution in [0.1, 0.15) is 6.42 Å². The van der Waals surface area contributed by atoms with Gasteiger partial charge in [0, 0.05) is 38.0 Å². The van der Waals surface area contributed by atoms with E-state index in [0.29, 0.717) is 0 Å². The molecule has 11 heavy (non-hydrogen) atoms. The van der Waals surface area contributed by atoms with Gasteiger partial charge in [0.1, 0.15) is 0 Å². The maximum Gasteiger partial charge on any atom is 0.0195 e. The third-order valence-corrected chi connectivity index (χ3v) is 3.72. The summed E-state index contributed by atoms with van der Waals surface area (Å²) in [6.07, 6.45) is 1.42. The van der Waals surface area contributed by atoms with Crippen molar-refractivity contribution < 1.29 is 0 Å². The van der Waals surface area contributed by atoms with Crippen molar-refractivity contribution in [1.29, 1.82) is 0 Å². The summed E-state index contributed by atoms with van der Waals surface area (Å²) in [4.78, 5) is 2.65. The Labute approximate surface area is 72.7 Å². The van der Waals surface area contributed by atoms with Crippen LogP contribution in [0.5, 0.6) is 0 Å². The highest BCUT2D eigenvalue weighted by atomic mass is 32.2. The van der Waals surface area contributed by atoms with Crippen molar-refractivity contribution in [3.8, 4) is 0 Å². The zero-order valence-corrected chi connectivity index (χ0v) is 7.70. The number of nitrogens with one attached hydrogen (secondary N) is 1. The molecule has 0 aromatic rings. The SMILES string of the molecule is C1CN([C@H]2CCSC2)CCN1. The number of nitrogens with zero attached hydrogens (tertiary/aromatic N) is 1. The Bertz CT molecular complexity index is 117. The van der Waals surface area contributed by atoms with E-state index in [-0.39, 0.29) is 0 Å². The summed E-state index contributed by atoms with van der Waals surface area (Å²) < 4.78 is 0. The van der Waals surface area contributed by atoms with Crippen molar-refractivity contribution in [2.45, 2.75) is 12.5 Å². The van der Waals surface area contributed by atoms with E-state index >= 15 is 0 Å². The first-order valence-electron chi connectivity index (χ1n) is 4.49. The predicted octanol–water partition coefficient (Wildman–Crippen LogP) is 0.397. The smallest absolute Gasteiger partial charge is 0.0195 e. The molecule has 2 fully saturated rings. The fraction of sp³-hybridized carbons (Fsp3) is 1.00. The molecule has 2 rings (SSSR count). The maximum absolute atomic E-state index is 3.39. The lowest BCUT2D eigenvalue weighted by Gasteiger charge is -2.32. The van der Waals surface area contributed by atoms with Gasteiger partial charge in [-0.2, -0.15) is 11.8 Å². The Morgan fingerprint density at radius 1 is 1.27 bits per heavy atom. The van der Waals surface area contributed by atoms with Gasteiger partial charge in [0.25, 0.3) is 0 Å². The van der Waals surface area contributed by atoms with E-state index in [1.807, 2.05) is 0 Å². The van der Waals surface area contributed by atoms with Gasteiger partial charge in [-0.25, -0.2) is 0 Å². The summed E-state index contributed by atoms with van der Waals surface area (Å²) in [5.74, 6) is 2.76. The van der Waals surface area contributed by atoms with Crippen LogP contribution < -0.4 is 5.32 Å². The Balaban J connectivity index is 1.82. The minimum atomic E-state index is 0.905. The first-order chi connectivity index (χ1) is 5.47. The van der Waals surface area contributed by atoms with E-state index in [1.54, 1.807) is 0 Å². The fourth-order valence-corrected chi connectivity index (χ4v) is 3.11. The molecule has 3 heteroatoms. The summed E-state index contributed by atoms with van der Waals surface area (Å²) in [5.41, 5.74) is 0. The summed E-state index contributed by atoms with van der Waals surface area (Å²) in [6.45, 7) is 4.93. The Morgan fingerprint density at radius 2 is 2.09 bits per heavy atom. The highest BCUT2D eigenvalue weighted by Gasteiger charge is 2.23. The lowest BCUT2D eigenvalue weighted by Crippen LogP contribution is -2.48. The fourth-order valence-electron chi connectivity index (χ4n) is 1.86. The molecule has 1 N–H and O–H groups in total. The van der Waals surface area contributed by atoms with Crippen molar-refractivity contribution in [3.05, 3.63) is 0 Å². The summed E-state index contributed by atoms with van der Waals surface area (Å²) in [7, 11) is 0. The molecule has 0 aliphatic carbocycles. The van der Waals surface area contributed by atoms with Crippen LogP contribution in [0.4, 0.5) is 0 Å². The first kappa shape index (κ1) is 7.90. The summed E-state index contributed by atoms with van der Waals surface area (Å²) in [6, 6.07) is 0.905. The summed E-state index contributed by atoms with van der Waals surface area (Å²) in [5, 5.41) is 3.39. The maximum atomic E-state index is 3.39. The van der Waals surface area contributed by atoms with Crippen molar-refractivity contribution >= 4 is 11.8 Å². The predicted molar refractivity (Wildman–Crippen MR) is 50.2 cm³/mol. The van der Waals surface area contributed by atoms with Crippen LogP contribution in [-0.4, -0.2) is 48.6 Å². The molecule has 0 radical (unpaired) electrons. The molecule has 0 bridgehead atoms. The largest absolute Gasteiger partial charge is 0.314 e. The molecular weight excluding hydrogens is 156 g/mol. The molecule has 0 spiro atoms. The molecule has 1 atom stereocenters. The Kier molecular flexibility index (Phi) is 2.72. The molecule has 0 aromatic heterocycles. The molecule has 0 amide bonds. The van der Waals surface area contributed by atoms with Crippen LogP contribution in [0.15, 0.2) is 0 Å². The van der Waals surface area contributed by atoms with Crippen LogP contribution in [0.25, 0.3) is 0 Å². The number of hydrogen-bond acceptors (Lipinski definition) is 3. The van der Waals surface area contributed by atoms with Crippen LogP contribution >= 0.6 is 11.8 Å². The highest BCUT2D eigenvalue weighted by molar-refractivity contribution is 7.99. The molecule has 2 aliphatic rings. The number of hydrogen-bond donors (Lipinski definition) is 1. The van der Waals surface area contributed by atoms with Gasteiger partial charge < -0.3 is 5.32 Å². The van der Waals surface area contributed by atoms with Gasteiger partial charge in [0.05, 0.1) is 0 Å². The minimum Gasteiger partial charge on any atom is -0.314 e. The quantitative estimate of drug-likeness (QED) is 0.616. The van der Waals surface area contributed by atoms with Gasteiger partial charge in [-0.1, -0.05) is 0 Å². The van der Waals surface area contributed by atoms with Gasteiger partial charge in [-0.3, -0.25) is 4.90 Å². The van der Waals surface area contributed by atoms with Crippen molar-refractivity contribution in [2.75, 3.05) is 37.7 Å². The second-order valence-electron chi connectivity index (χ2n) is 3.30. The van der Waals surface area contributed by atoms with Crippen molar-refractivity contribution in [1.82, 2.24) is 10.2 Å². The van der Waals surface area contributed by atoms with E-state index in [2.05, 4.69) is 22.0 Å². The molecule has 2 aliphatic heterocycles. The standard InChI is InChI=1S/C8H16N2S/c1-6-11-7-8(1)10-4-2-9-3-5-10/h8-9H,1-7H2/t8-/m0/s1. The molecule has 2 nitrogen and oxygen atoms in total. The van der Waals surface area contributed by atoms with E-state index in [4.69, 9.17) is 0 Å². The van der Waals surface area contributed by atoms with Crippen molar-refractivity contribution in [2.24, 2.45) is 0 Å². The van der Waals surface area contributed by atoms with Crippen molar-refractivity contribution in [3.63, 3.8) is 0 Å². The third-order valence-electron chi connectivity index (χ3n) is 2.57. The summed E-state index contributed by atoms with van der Waals surface area (Å²) >= 11 is 2.11. The van der Waals surface area contributed by atoms with Gasteiger partial charge in [-0.05, 0) is 12.2 Å². The zero-order valence-electron chi connectivity index (χ0n) is 6.88. The van der Waals surface area contributed by atoms with E-state index in [0.717, 1.165) is 6.04 Å². The molecule has 2 saturated heterocycles. The normalized spacial score (nSPS) is 34.4. The zero-order chi connectivity index (χ0) is 7.52. The average Bonchev–Trinajstić information content (AvgIpc) is 2.58. The van der Waals surface area contributed by atoms with Gasteiger partial charge >= 0.3 is 0 Å². The van der Waals surface area contributed by atoms with E-state index in [9.17, 15) is 0 Å².